The van der Waals surface area contributed by atoms with Gasteiger partial charge in [0.15, 0.2) is 0 Å². The molecule has 1 aromatic rings. The van der Waals surface area contributed by atoms with Crippen molar-refractivity contribution in [2.75, 3.05) is 31.2 Å². The number of nitrogens with zero attached hydrogens (tertiary/aromatic N) is 2. The zero-order valence-corrected chi connectivity index (χ0v) is 9.98. The number of ether oxygens (including phenoxy) is 1. The van der Waals surface area contributed by atoms with Crippen molar-refractivity contribution in [3.05, 3.63) is 23.9 Å². The predicted molar refractivity (Wildman–Crippen MR) is 64.8 cm³/mol. The Labute approximate surface area is 101 Å². The Morgan fingerprint density at radius 2 is 2.24 bits per heavy atom. The molecule has 2 rings (SSSR count). The van der Waals surface area contributed by atoms with Gasteiger partial charge in [-0.25, -0.2) is 4.98 Å². The summed E-state index contributed by atoms with van der Waals surface area (Å²) in [6, 6.07) is 3.98. The molecule has 0 unspecified atom stereocenters. The number of aromatic nitrogens is 1. The van der Waals surface area contributed by atoms with E-state index < -0.39 is 0 Å². The maximum absolute atomic E-state index is 10.8. The van der Waals surface area contributed by atoms with Gasteiger partial charge in [-0.2, -0.15) is 0 Å². The van der Waals surface area contributed by atoms with E-state index in [0.29, 0.717) is 6.54 Å². The van der Waals surface area contributed by atoms with Crippen LogP contribution in [0.1, 0.15) is 12.5 Å². The largest absolute Gasteiger partial charge is 0.378 e. The minimum atomic E-state index is -0.0257. The number of hydrogen-bond donors (Lipinski definition) is 1. The van der Waals surface area contributed by atoms with Crippen molar-refractivity contribution in [1.29, 1.82) is 0 Å². The van der Waals surface area contributed by atoms with Gasteiger partial charge < -0.3 is 15.0 Å². The lowest BCUT2D eigenvalue weighted by Gasteiger charge is -2.27. The molecule has 17 heavy (non-hydrogen) atoms. The molecule has 92 valence electrons. The van der Waals surface area contributed by atoms with Crippen LogP contribution < -0.4 is 10.2 Å². The average Bonchev–Trinajstić information content (AvgIpc) is 2.38. The molecular formula is C12H17N3O2. The molecule has 0 radical (unpaired) electrons. The number of anilines is 1. The molecule has 1 aromatic heterocycles. The van der Waals surface area contributed by atoms with Crippen molar-refractivity contribution in [3.8, 4) is 0 Å². The number of pyridine rings is 1. The second-order valence-corrected chi connectivity index (χ2v) is 4.03. The number of hydrogen-bond acceptors (Lipinski definition) is 4. The van der Waals surface area contributed by atoms with E-state index >= 15 is 0 Å². The average molecular weight is 235 g/mol. The quantitative estimate of drug-likeness (QED) is 0.831. The number of carbonyl (C=O) groups excluding carboxylic acids is 1. The summed E-state index contributed by atoms with van der Waals surface area (Å²) in [5.74, 6) is 0.946. The number of amides is 1. The van der Waals surface area contributed by atoms with Gasteiger partial charge in [0, 0.05) is 32.8 Å². The smallest absolute Gasteiger partial charge is 0.217 e. The molecule has 0 aliphatic carbocycles. The lowest BCUT2D eigenvalue weighted by Crippen LogP contribution is -2.36. The van der Waals surface area contributed by atoms with Gasteiger partial charge in [0.05, 0.1) is 13.2 Å². The van der Waals surface area contributed by atoms with E-state index in [1.54, 1.807) is 6.20 Å². The van der Waals surface area contributed by atoms with Gasteiger partial charge in [0.2, 0.25) is 5.91 Å². The Morgan fingerprint density at radius 1 is 1.47 bits per heavy atom. The zero-order chi connectivity index (χ0) is 12.1. The Balaban J connectivity index is 1.94. The molecule has 0 atom stereocenters. The number of carbonyl (C=O) groups is 1. The zero-order valence-electron chi connectivity index (χ0n) is 9.98. The predicted octanol–water partition coefficient (Wildman–Crippen LogP) is 0.554. The van der Waals surface area contributed by atoms with Crippen molar-refractivity contribution >= 4 is 11.7 Å². The van der Waals surface area contributed by atoms with Crippen molar-refractivity contribution < 1.29 is 9.53 Å². The van der Waals surface area contributed by atoms with Gasteiger partial charge in [0.25, 0.3) is 0 Å². The lowest BCUT2D eigenvalue weighted by molar-refractivity contribution is -0.119. The normalized spacial score (nSPS) is 15.7. The minimum absolute atomic E-state index is 0.0257. The number of nitrogens with one attached hydrogen (secondary N) is 1. The highest BCUT2D eigenvalue weighted by Gasteiger charge is 2.11. The van der Waals surface area contributed by atoms with E-state index in [1.807, 2.05) is 12.1 Å². The van der Waals surface area contributed by atoms with Crippen LogP contribution in [0, 0.1) is 0 Å². The van der Waals surface area contributed by atoms with E-state index in [9.17, 15) is 4.79 Å². The molecular weight excluding hydrogens is 218 g/mol. The number of rotatable bonds is 3. The van der Waals surface area contributed by atoms with Gasteiger partial charge in [0.1, 0.15) is 5.82 Å². The molecule has 1 saturated heterocycles. The first kappa shape index (κ1) is 11.9. The first-order valence-electron chi connectivity index (χ1n) is 5.78. The van der Waals surface area contributed by atoms with Crippen LogP contribution in [0.25, 0.3) is 0 Å². The summed E-state index contributed by atoms with van der Waals surface area (Å²) in [5.41, 5.74) is 1.01. The second-order valence-electron chi connectivity index (χ2n) is 4.03. The molecule has 0 saturated carbocycles. The van der Waals surface area contributed by atoms with Gasteiger partial charge in [-0.15, -0.1) is 0 Å². The summed E-state index contributed by atoms with van der Waals surface area (Å²) in [6.07, 6.45) is 1.81. The first-order valence-corrected chi connectivity index (χ1v) is 5.78. The van der Waals surface area contributed by atoms with Crippen LogP contribution in [0.2, 0.25) is 0 Å². The summed E-state index contributed by atoms with van der Waals surface area (Å²) in [7, 11) is 0. The summed E-state index contributed by atoms with van der Waals surface area (Å²) in [4.78, 5) is 17.4. The molecule has 0 bridgehead atoms. The van der Waals surface area contributed by atoms with E-state index in [2.05, 4.69) is 15.2 Å². The second kappa shape index (κ2) is 5.63. The van der Waals surface area contributed by atoms with E-state index in [0.717, 1.165) is 37.7 Å². The Kier molecular flexibility index (Phi) is 3.93. The Bertz CT molecular complexity index is 372. The van der Waals surface area contributed by atoms with Gasteiger partial charge >= 0.3 is 0 Å². The topological polar surface area (TPSA) is 54.5 Å². The van der Waals surface area contributed by atoms with Crippen LogP contribution in [-0.2, 0) is 16.1 Å². The van der Waals surface area contributed by atoms with Gasteiger partial charge in [-0.1, -0.05) is 6.07 Å². The molecule has 1 aliphatic rings. The molecule has 1 fully saturated rings. The molecule has 5 heteroatoms. The maximum Gasteiger partial charge on any atom is 0.217 e. The highest BCUT2D eigenvalue weighted by atomic mass is 16.5. The first-order chi connectivity index (χ1) is 8.25. The third-order valence-corrected chi connectivity index (χ3v) is 2.69. The van der Waals surface area contributed by atoms with Gasteiger partial charge in [-0.05, 0) is 11.6 Å². The van der Waals surface area contributed by atoms with Crippen LogP contribution in [0.15, 0.2) is 18.3 Å². The monoisotopic (exact) mass is 235 g/mol. The third kappa shape index (κ3) is 3.42. The van der Waals surface area contributed by atoms with Crippen molar-refractivity contribution in [3.63, 3.8) is 0 Å². The highest BCUT2D eigenvalue weighted by molar-refractivity contribution is 5.72. The number of morpholine rings is 1. The van der Waals surface area contributed by atoms with E-state index in [-0.39, 0.29) is 5.91 Å². The van der Waals surface area contributed by atoms with Crippen molar-refractivity contribution in [2.45, 2.75) is 13.5 Å². The molecule has 5 nitrogen and oxygen atoms in total. The van der Waals surface area contributed by atoms with Crippen molar-refractivity contribution in [1.82, 2.24) is 10.3 Å². The SMILES string of the molecule is CC(=O)NCc1ccc(N2CCOCC2)nc1. The summed E-state index contributed by atoms with van der Waals surface area (Å²) in [6.45, 7) is 5.34. The minimum Gasteiger partial charge on any atom is -0.378 e. The molecule has 1 amide bonds. The van der Waals surface area contributed by atoms with Crippen molar-refractivity contribution in [2.24, 2.45) is 0 Å². The lowest BCUT2D eigenvalue weighted by atomic mass is 10.2. The standard InChI is InChI=1S/C12H17N3O2/c1-10(16)13-8-11-2-3-12(14-9-11)15-4-6-17-7-5-15/h2-3,9H,4-8H2,1H3,(H,13,16). The fourth-order valence-corrected chi connectivity index (χ4v) is 1.73. The fourth-order valence-electron chi connectivity index (χ4n) is 1.73. The fraction of sp³-hybridized carbons (Fsp3) is 0.500. The van der Waals surface area contributed by atoms with Gasteiger partial charge in [-0.3, -0.25) is 4.79 Å². The van der Waals surface area contributed by atoms with Crippen LogP contribution in [-0.4, -0.2) is 37.2 Å². The van der Waals surface area contributed by atoms with Crippen LogP contribution in [0.5, 0.6) is 0 Å². The third-order valence-electron chi connectivity index (χ3n) is 2.69. The molecule has 1 N–H and O–H groups in total. The summed E-state index contributed by atoms with van der Waals surface area (Å²) < 4.78 is 5.29. The molecule has 2 heterocycles. The maximum atomic E-state index is 10.8. The molecule has 1 aliphatic heterocycles. The summed E-state index contributed by atoms with van der Waals surface area (Å²) in [5, 5.41) is 2.75. The van der Waals surface area contributed by atoms with Crippen LogP contribution in [0.3, 0.4) is 0 Å². The molecule has 0 spiro atoms. The van der Waals surface area contributed by atoms with E-state index in [4.69, 9.17) is 4.74 Å². The Hall–Kier alpha value is -1.62. The van der Waals surface area contributed by atoms with E-state index in [1.165, 1.54) is 6.92 Å². The highest BCUT2D eigenvalue weighted by Crippen LogP contribution is 2.12. The Morgan fingerprint density at radius 3 is 2.82 bits per heavy atom. The van der Waals surface area contributed by atoms with Crippen LogP contribution >= 0.6 is 0 Å². The molecule has 0 aromatic carbocycles. The van der Waals surface area contributed by atoms with Crippen LogP contribution in [0.4, 0.5) is 5.82 Å². The summed E-state index contributed by atoms with van der Waals surface area (Å²) >= 11 is 0.